The first-order valence-corrected chi connectivity index (χ1v) is 11.0. The molecule has 176 valence electrons. The van der Waals surface area contributed by atoms with Gasteiger partial charge in [-0.3, -0.25) is 0 Å². The molecule has 33 heavy (non-hydrogen) atoms. The highest BCUT2D eigenvalue weighted by Gasteiger charge is 2.35. The lowest BCUT2D eigenvalue weighted by atomic mass is 9.99. The molecule has 5 nitrogen and oxygen atoms in total. The molecule has 2 N–H and O–H groups in total. The summed E-state index contributed by atoms with van der Waals surface area (Å²) in [6.45, 7) is 8.81. The highest BCUT2D eigenvalue weighted by molar-refractivity contribution is 5.64. The summed E-state index contributed by atoms with van der Waals surface area (Å²) in [5, 5.41) is 5.76. The van der Waals surface area contributed by atoms with Crippen molar-refractivity contribution in [1.82, 2.24) is 9.97 Å². The Bertz CT molecular complexity index is 1050. The summed E-state index contributed by atoms with van der Waals surface area (Å²) in [5.41, 5.74) is 1.37. The molecule has 0 radical (unpaired) electrons. The van der Waals surface area contributed by atoms with Crippen LogP contribution in [-0.4, -0.2) is 16.6 Å². The zero-order chi connectivity index (χ0) is 24.0. The minimum atomic E-state index is -4.61. The molecule has 1 heterocycles. The van der Waals surface area contributed by atoms with E-state index in [1.54, 1.807) is 24.3 Å². The van der Waals surface area contributed by atoms with Crippen LogP contribution in [0.1, 0.15) is 51.2 Å². The first kappa shape index (κ1) is 24.4. The zero-order valence-corrected chi connectivity index (χ0v) is 19.2. The summed E-state index contributed by atoms with van der Waals surface area (Å²) < 4.78 is 46.4. The van der Waals surface area contributed by atoms with Gasteiger partial charge in [-0.05, 0) is 48.1 Å². The quantitative estimate of drug-likeness (QED) is 0.347. The van der Waals surface area contributed by atoms with Gasteiger partial charge in [-0.25, -0.2) is 4.98 Å². The highest BCUT2D eigenvalue weighted by atomic mass is 19.4. The number of alkyl halides is 3. The number of hydrogen-bond donors (Lipinski definition) is 2. The van der Waals surface area contributed by atoms with E-state index in [-0.39, 0.29) is 11.8 Å². The summed E-state index contributed by atoms with van der Waals surface area (Å²) in [6.07, 6.45) is -2.80. The van der Waals surface area contributed by atoms with Gasteiger partial charge in [-0.1, -0.05) is 45.9 Å². The third-order valence-corrected chi connectivity index (χ3v) is 5.12. The Labute approximate surface area is 192 Å². The molecule has 0 bridgehead atoms. The van der Waals surface area contributed by atoms with Crippen molar-refractivity contribution in [1.29, 1.82) is 0 Å². The van der Waals surface area contributed by atoms with Crippen LogP contribution < -0.4 is 15.4 Å². The van der Waals surface area contributed by atoms with Gasteiger partial charge >= 0.3 is 6.18 Å². The van der Waals surface area contributed by atoms with E-state index >= 15 is 0 Å². The van der Waals surface area contributed by atoms with Gasteiger partial charge in [0.15, 0.2) is 0 Å². The molecule has 0 amide bonds. The summed E-state index contributed by atoms with van der Waals surface area (Å²) in [6, 6.07) is 14.5. The number of aromatic nitrogens is 2. The van der Waals surface area contributed by atoms with Crippen molar-refractivity contribution in [3.63, 3.8) is 0 Å². The second-order valence-electron chi connectivity index (χ2n) is 8.37. The molecule has 2 aromatic carbocycles. The fourth-order valence-corrected chi connectivity index (χ4v) is 3.07. The molecule has 0 saturated carbocycles. The second-order valence-corrected chi connectivity index (χ2v) is 8.37. The van der Waals surface area contributed by atoms with Crippen molar-refractivity contribution in [3.05, 3.63) is 65.9 Å². The number of nitrogens with zero attached hydrogens (tertiary/aromatic N) is 2. The van der Waals surface area contributed by atoms with Crippen molar-refractivity contribution in [3.8, 4) is 5.75 Å². The zero-order valence-electron chi connectivity index (χ0n) is 19.2. The molecule has 0 spiro atoms. The van der Waals surface area contributed by atoms with Gasteiger partial charge < -0.3 is 15.4 Å². The van der Waals surface area contributed by atoms with E-state index in [1.165, 1.54) is 5.56 Å². The van der Waals surface area contributed by atoms with Gasteiger partial charge in [0, 0.05) is 23.6 Å². The van der Waals surface area contributed by atoms with Crippen molar-refractivity contribution in [2.75, 3.05) is 17.2 Å². The van der Waals surface area contributed by atoms with Gasteiger partial charge in [-0.2, -0.15) is 18.2 Å². The third kappa shape index (κ3) is 6.84. The smallest absolute Gasteiger partial charge is 0.421 e. The van der Waals surface area contributed by atoms with Crippen molar-refractivity contribution in [2.45, 2.75) is 46.2 Å². The lowest BCUT2D eigenvalue weighted by Gasteiger charge is -2.16. The Hall–Kier alpha value is -3.29. The van der Waals surface area contributed by atoms with Crippen LogP contribution in [0.2, 0.25) is 0 Å². The summed E-state index contributed by atoms with van der Waals surface area (Å²) >= 11 is 0. The summed E-state index contributed by atoms with van der Waals surface area (Å²) in [5.74, 6) is 1.05. The molecular weight excluding hydrogens is 429 g/mol. The molecule has 0 aliphatic heterocycles. The van der Waals surface area contributed by atoms with E-state index in [2.05, 4.69) is 34.4 Å². The third-order valence-electron chi connectivity index (χ3n) is 5.12. The Morgan fingerprint density at radius 3 is 2.33 bits per heavy atom. The maximum atomic E-state index is 13.6. The van der Waals surface area contributed by atoms with Gasteiger partial charge in [0.1, 0.15) is 17.1 Å². The Balaban J connectivity index is 1.84. The van der Waals surface area contributed by atoms with Crippen LogP contribution in [0.15, 0.2) is 54.7 Å². The van der Waals surface area contributed by atoms with Crippen LogP contribution in [0.3, 0.4) is 0 Å². The van der Waals surface area contributed by atoms with Crippen LogP contribution >= 0.6 is 0 Å². The van der Waals surface area contributed by atoms with Crippen molar-refractivity contribution in [2.24, 2.45) is 5.92 Å². The summed E-state index contributed by atoms with van der Waals surface area (Å²) in [4.78, 5) is 7.99. The predicted octanol–water partition coefficient (Wildman–Crippen LogP) is 7.53. The molecule has 1 atom stereocenters. The first-order chi connectivity index (χ1) is 15.7. The lowest BCUT2D eigenvalue weighted by Crippen LogP contribution is -2.12. The Morgan fingerprint density at radius 1 is 0.970 bits per heavy atom. The van der Waals surface area contributed by atoms with Gasteiger partial charge in [0.25, 0.3) is 0 Å². The van der Waals surface area contributed by atoms with Gasteiger partial charge in [0.05, 0.1) is 6.61 Å². The lowest BCUT2D eigenvalue weighted by molar-refractivity contribution is -0.137. The van der Waals surface area contributed by atoms with E-state index in [9.17, 15) is 13.2 Å². The SMILES string of the molecule is CCC(C)c1ccc(Nc2ncc(C(F)(F)F)c(Nc3cccc(OCC(C)C)c3)n2)cc1. The molecule has 0 fully saturated rings. The molecule has 3 aromatic rings. The van der Waals surface area contributed by atoms with Crippen LogP contribution in [0.4, 0.5) is 36.3 Å². The summed E-state index contributed by atoms with van der Waals surface area (Å²) in [7, 11) is 0. The molecule has 0 aliphatic rings. The van der Waals surface area contributed by atoms with Crippen molar-refractivity contribution >= 4 is 23.1 Å². The molecule has 0 saturated heterocycles. The largest absolute Gasteiger partial charge is 0.493 e. The normalized spacial score (nSPS) is 12.5. The van der Waals surface area contributed by atoms with E-state index in [0.29, 0.717) is 35.6 Å². The van der Waals surface area contributed by atoms with Gasteiger partial charge in [0.2, 0.25) is 5.95 Å². The maximum absolute atomic E-state index is 13.6. The fraction of sp³-hybridized carbons (Fsp3) is 0.360. The van der Waals surface area contributed by atoms with E-state index in [4.69, 9.17) is 4.74 Å². The van der Waals surface area contributed by atoms with Crippen LogP contribution in [-0.2, 0) is 6.18 Å². The molecule has 1 aromatic heterocycles. The maximum Gasteiger partial charge on any atom is 0.421 e. The Kier molecular flexibility index (Phi) is 7.79. The molecule has 8 heteroatoms. The molecule has 1 unspecified atom stereocenters. The van der Waals surface area contributed by atoms with Crippen LogP contribution in [0.5, 0.6) is 5.75 Å². The minimum absolute atomic E-state index is 0.0639. The topological polar surface area (TPSA) is 59.1 Å². The molecular formula is C25H29F3N4O. The van der Waals surface area contributed by atoms with E-state index in [0.717, 1.165) is 12.6 Å². The number of nitrogens with one attached hydrogen (secondary N) is 2. The Morgan fingerprint density at radius 2 is 1.70 bits per heavy atom. The average molecular weight is 459 g/mol. The number of benzene rings is 2. The number of rotatable bonds is 9. The number of ether oxygens (including phenoxy) is 1. The van der Waals surface area contributed by atoms with Crippen molar-refractivity contribution < 1.29 is 17.9 Å². The predicted molar refractivity (Wildman–Crippen MR) is 126 cm³/mol. The number of hydrogen-bond acceptors (Lipinski definition) is 5. The first-order valence-electron chi connectivity index (χ1n) is 11.0. The fourth-order valence-electron chi connectivity index (χ4n) is 3.07. The standard InChI is InChI=1S/C25H29F3N4O/c1-5-17(4)18-9-11-19(12-10-18)31-24-29-14-22(25(26,27)28)23(32-24)30-20-7-6-8-21(13-20)33-15-16(2)3/h6-14,16-17H,5,15H2,1-4H3,(H2,29,30,31,32). The van der Waals surface area contributed by atoms with Crippen LogP contribution in [0, 0.1) is 5.92 Å². The van der Waals surface area contributed by atoms with E-state index in [1.807, 2.05) is 38.1 Å². The monoisotopic (exact) mass is 458 g/mol. The number of anilines is 4. The average Bonchev–Trinajstić information content (AvgIpc) is 2.77. The molecule has 3 rings (SSSR count). The van der Waals surface area contributed by atoms with E-state index < -0.39 is 11.7 Å². The number of halogens is 3. The second kappa shape index (κ2) is 10.6. The van der Waals surface area contributed by atoms with Gasteiger partial charge in [-0.15, -0.1) is 0 Å². The van der Waals surface area contributed by atoms with Crippen LogP contribution in [0.25, 0.3) is 0 Å². The minimum Gasteiger partial charge on any atom is -0.493 e. The molecule has 0 aliphatic carbocycles. The highest BCUT2D eigenvalue weighted by Crippen LogP contribution is 2.36.